The number of benzene rings is 1. The van der Waals surface area contributed by atoms with E-state index in [0.29, 0.717) is 12.8 Å². The molecule has 108 valence electrons. The van der Waals surface area contributed by atoms with Gasteiger partial charge in [-0.15, -0.1) is 0 Å². The molecule has 0 atom stereocenters. The maximum absolute atomic E-state index is 12.3. The summed E-state index contributed by atoms with van der Waals surface area (Å²) in [4.78, 5) is 0.0460. The van der Waals surface area contributed by atoms with Crippen molar-refractivity contribution in [2.24, 2.45) is 5.73 Å². The van der Waals surface area contributed by atoms with E-state index >= 15 is 0 Å². The molecule has 19 heavy (non-hydrogen) atoms. The van der Waals surface area contributed by atoms with Crippen LogP contribution in [0.1, 0.15) is 26.7 Å². The average Bonchev–Trinajstić information content (AvgIpc) is 2.35. The number of nitrogens with one attached hydrogen (secondary N) is 1. The maximum atomic E-state index is 12.3. The van der Waals surface area contributed by atoms with Crippen LogP contribution in [0.2, 0.25) is 10.0 Å². The Morgan fingerprint density at radius 1 is 1.16 bits per heavy atom. The van der Waals surface area contributed by atoms with Crippen LogP contribution in [-0.4, -0.2) is 20.5 Å². The van der Waals surface area contributed by atoms with Gasteiger partial charge in [0.1, 0.15) is 0 Å². The van der Waals surface area contributed by atoms with Crippen LogP contribution in [-0.2, 0) is 10.0 Å². The van der Waals surface area contributed by atoms with Crippen molar-refractivity contribution >= 4 is 33.2 Å². The lowest BCUT2D eigenvalue weighted by atomic mass is 9.95. The summed E-state index contributed by atoms with van der Waals surface area (Å²) in [7, 11) is -3.70. The molecule has 0 aliphatic heterocycles. The molecule has 1 aromatic rings. The molecule has 0 bridgehead atoms. The van der Waals surface area contributed by atoms with E-state index in [1.807, 2.05) is 13.8 Å². The molecule has 0 amide bonds. The van der Waals surface area contributed by atoms with Crippen molar-refractivity contribution in [1.29, 1.82) is 0 Å². The van der Waals surface area contributed by atoms with E-state index in [9.17, 15) is 8.42 Å². The van der Waals surface area contributed by atoms with Crippen LogP contribution in [0.25, 0.3) is 0 Å². The molecule has 0 heterocycles. The Balaban J connectivity index is 3.17. The Morgan fingerprint density at radius 3 is 2.00 bits per heavy atom. The summed E-state index contributed by atoms with van der Waals surface area (Å²) < 4.78 is 27.3. The first kappa shape index (κ1) is 16.7. The molecule has 1 rings (SSSR count). The van der Waals surface area contributed by atoms with Gasteiger partial charge in [-0.25, -0.2) is 13.1 Å². The summed E-state index contributed by atoms with van der Waals surface area (Å²) in [5.74, 6) is 0. The summed E-state index contributed by atoms with van der Waals surface area (Å²) in [5.41, 5.74) is 5.05. The minimum Gasteiger partial charge on any atom is -0.329 e. The van der Waals surface area contributed by atoms with Gasteiger partial charge < -0.3 is 5.73 Å². The lowest BCUT2D eigenvalue weighted by Crippen LogP contribution is -2.52. The minimum atomic E-state index is -3.70. The Labute approximate surface area is 124 Å². The standard InChI is InChI=1S/C12H18Cl2N2O2S/c1-3-12(4-2,8-15)16-19(17,18)11-6-9(13)5-10(14)7-11/h5-7,16H,3-4,8,15H2,1-2H3. The van der Waals surface area contributed by atoms with Crippen molar-refractivity contribution in [1.82, 2.24) is 4.72 Å². The van der Waals surface area contributed by atoms with Gasteiger partial charge in [0.15, 0.2) is 0 Å². The number of hydrogen-bond acceptors (Lipinski definition) is 3. The van der Waals surface area contributed by atoms with E-state index in [1.165, 1.54) is 18.2 Å². The van der Waals surface area contributed by atoms with Crippen molar-refractivity contribution < 1.29 is 8.42 Å². The van der Waals surface area contributed by atoms with Crippen LogP contribution >= 0.6 is 23.2 Å². The molecule has 7 heteroatoms. The Bertz CT molecular complexity index is 514. The predicted octanol–water partition coefficient (Wildman–Crippen LogP) is 2.79. The molecule has 0 aliphatic carbocycles. The van der Waals surface area contributed by atoms with Gasteiger partial charge in [0.2, 0.25) is 10.0 Å². The Morgan fingerprint density at radius 2 is 1.63 bits per heavy atom. The molecule has 0 fully saturated rings. The fraction of sp³-hybridized carbons (Fsp3) is 0.500. The third-order valence-corrected chi connectivity index (χ3v) is 5.24. The number of nitrogens with two attached hydrogens (primary N) is 1. The Hall–Kier alpha value is -0.330. The maximum Gasteiger partial charge on any atom is 0.241 e. The van der Waals surface area contributed by atoms with Crippen LogP contribution < -0.4 is 10.5 Å². The molecule has 0 spiro atoms. The second-order valence-corrected chi connectivity index (χ2v) is 6.96. The zero-order valence-corrected chi connectivity index (χ0v) is 13.2. The zero-order valence-electron chi connectivity index (χ0n) is 10.9. The number of hydrogen-bond donors (Lipinski definition) is 2. The van der Waals surface area contributed by atoms with Crippen LogP contribution in [0.3, 0.4) is 0 Å². The Kier molecular flexibility index (Phi) is 5.65. The summed E-state index contributed by atoms with van der Waals surface area (Å²) in [6.07, 6.45) is 1.21. The van der Waals surface area contributed by atoms with Crippen molar-refractivity contribution in [2.75, 3.05) is 6.54 Å². The first-order valence-corrected chi connectivity index (χ1v) is 8.22. The summed E-state index contributed by atoms with van der Waals surface area (Å²) in [6.45, 7) is 4.02. The van der Waals surface area contributed by atoms with Gasteiger partial charge in [-0.05, 0) is 31.0 Å². The average molecular weight is 325 g/mol. The molecular formula is C12H18Cl2N2O2S. The number of sulfonamides is 1. The lowest BCUT2D eigenvalue weighted by Gasteiger charge is -2.31. The van der Waals surface area contributed by atoms with E-state index in [1.54, 1.807) is 0 Å². The first-order valence-electron chi connectivity index (χ1n) is 5.98. The highest BCUT2D eigenvalue weighted by atomic mass is 35.5. The van der Waals surface area contributed by atoms with Crippen molar-refractivity contribution in [3.8, 4) is 0 Å². The van der Waals surface area contributed by atoms with E-state index in [4.69, 9.17) is 28.9 Å². The number of halogens is 2. The van der Waals surface area contributed by atoms with Gasteiger partial charge in [-0.3, -0.25) is 0 Å². The molecular weight excluding hydrogens is 307 g/mol. The van der Waals surface area contributed by atoms with Crippen molar-refractivity contribution in [3.63, 3.8) is 0 Å². The third-order valence-electron chi connectivity index (χ3n) is 3.24. The second kappa shape index (κ2) is 6.41. The molecule has 0 aliphatic rings. The monoisotopic (exact) mass is 324 g/mol. The summed E-state index contributed by atoms with van der Waals surface area (Å²) >= 11 is 11.7. The smallest absolute Gasteiger partial charge is 0.241 e. The predicted molar refractivity (Wildman–Crippen MR) is 79.2 cm³/mol. The largest absolute Gasteiger partial charge is 0.329 e. The number of rotatable bonds is 6. The van der Waals surface area contributed by atoms with E-state index < -0.39 is 15.6 Å². The summed E-state index contributed by atoms with van der Waals surface area (Å²) in [5, 5.41) is 0.554. The van der Waals surface area contributed by atoms with Gasteiger partial charge >= 0.3 is 0 Å². The van der Waals surface area contributed by atoms with Crippen LogP contribution in [0, 0.1) is 0 Å². The highest BCUT2D eigenvalue weighted by Crippen LogP contribution is 2.24. The molecule has 0 saturated carbocycles. The van der Waals surface area contributed by atoms with Crippen LogP contribution in [0.4, 0.5) is 0 Å². The van der Waals surface area contributed by atoms with Crippen LogP contribution in [0.5, 0.6) is 0 Å². The van der Waals surface area contributed by atoms with Gasteiger partial charge in [0.25, 0.3) is 0 Å². The molecule has 4 nitrogen and oxygen atoms in total. The topological polar surface area (TPSA) is 72.2 Å². The summed E-state index contributed by atoms with van der Waals surface area (Å²) in [6, 6.07) is 4.21. The highest BCUT2D eigenvalue weighted by molar-refractivity contribution is 7.89. The molecule has 0 aromatic heterocycles. The molecule has 0 saturated heterocycles. The van der Waals surface area contributed by atoms with Gasteiger partial charge in [0, 0.05) is 22.1 Å². The van der Waals surface area contributed by atoms with Crippen molar-refractivity contribution in [2.45, 2.75) is 37.1 Å². The zero-order chi connectivity index (χ0) is 14.7. The first-order chi connectivity index (χ1) is 8.78. The molecule has 0 radical (unpaired) electrons. The van der Waals surface area contributed by atoms with Crippen molar-refractivity contribution in [3.05, 3.63) is 28.2 Å². The SMILES string of the molecule is CCC(CC)(CN)NS(=O)(=O)c1cc(Cl)cc(Cl)c1. The highest BCUT2D eigenvalue weighted by Gasteiger charge is 2.31. The lowest BCUT2D eigenvalue weighted by molar-refractivity contribution is 0.363. The van der Waals surface area contributed by atoms with Crippen LogP contribution in [0.15, 0.2) is 23.1 Å². The van der Waals surface area contributed by atoms with E-state index in [-0.39, 0.29) is 21.5 Å². The molecule has 0 unspecified atom stereocenters. The van der Waals surface area contributed by atoms with E-state index in [0.717, 1.165) is 0 Å². The van der Waals surface area contributed by atoms with E-state index in [2.05, 4.69) is 4.72 Å². The molecule has 3 N–H and O–H groups in total. The minimum absolute atomic E-state index is 0.0460. The van der Waals surface area contributed by atoms with Gasteiger partial charge in [0.05, 0.1) is 4.90 Å². The van der Waals surface area contributed by atoms with Gasteiger partial charge in [-0.1, -0.05) is 37.0 Å². The fourth-order valence-electron chi connectivity index (χ4n) is 1.75. The molecule has 1 aromatic carbocycles. The third kappa shape index (κ3) is 4.07. The van der Waals surface area contributed by atoms with Gasteiger partial charge in [-0.2, -0.15) is 0 Å². The fourth-order valence-corrected chi connectivity index (χ4v) is 4.03. The normalized spacial score (nSPS) is 12.7. The quantitative estimate of drug-likeness (QED) is 0.845. The second-order valence-electron chi connectivity index (χ2n) is 4.40.